The Balaban J connectivity index is 2.17. The van der Waals surface area contributed by atoms with Crippen LogP contribution in [0, 0.1) is 17.3 Å². The Morgan fingerprint density at radius 1 is 1.27 bits per heavy atom. The second kappa shape index (κ2) is 1.73. The molecule has 0 bridgehead atoms. The van der Waals surface area contributed by atoms with E-state index in [2.05, 4.69) is 5.32 Å². The quantitative estimate of drug-likeness (QED) is 0.572. The lowest BCUT2D eigenvalue weighted by Gasteiger charge is -2.19. The van der Waals surface area contributed by atoms with Gasteiger partial charge in [0.25, 0.3) is 0 Å². The Kier molecular flexibility index (Phi) is 1.17. The number of fused-ring (bicyclic) bond motifs is 1. The summed E-state index contributed by atoms with van der Waals surface area (Å²) in [5.41, 5.74) is -1.36. The van der Waals surface area contributed by atoms with Crippen molar-refractivity contribution < 1.29 is 13.2 Å². The smallest absolute Gasteiger partial charge is 0.316 e. The Hall–Kier alpha value is -0.250. The average Bonchev–Trinajstić information content (AvgIpc) is 2.33. The van der Waals surface area contributed by atoms with Crippen molar-refractivity contribution in [1.82, 2.24) is 5.32 Å². The van der Waals surface area contributed by atoms with Gasteiger partial charge in [-0.3, -0.25) is 0 Å². The lowest BCUT2D eigenvalue weighted by Crippen LogP contribution is -2.31. The summed E-state index contributed by atoms with van der Waals surface area (Å²) in [6.07, 6.45) is -4.00. The number of halogens is 3. The summed E-state index contributed by atoms with van der Waals surface area (Å²) in [5.74, 6) is -0.301. The molecule has 2 aliphatic rings. The van der Waals surface area contributed by atoms with Crippen LogP contribution in [0.15, 0.2) is 0 Å². The first-order chi connectivity index (χ1) is 4.98. The normalized spacial score (nSPS) is 49.1. The van der Waals surface area contributed by atoms with Crippen LogP contribution in [0.25, 0.3) is 0 Å². The first-order valence-corrected chi connectivity index (χ1v) is 3.75. The van der Waals surface area contributed by atoms with Gasteiger partial charge in [-0.05, 0) is 24.9 Å². The van der Waals surface area contributed by atoms with Crippen molar-refractivity contribution in [1.29, 1.82) is 0 Å². The van der Waals surface area contributed by atoms with Gasteiger partial charge in [0.2, 0.25) is 0 Å². The van der Waals surface area contributed by atoms with E-state index in [1.54, 1.807) is 0 Å². The second-order valence-corrected chi connectivity index (χ2v) is 3.65. The number of alkyl halides is 3. The molecule has 2 atom stereocenters. The maximum absolute atomic E-state index is 12.3. The number of piperidine rings is 1. The molecule has 1 aliphatic heterocycles. The molecule has 0 aromatic heterocycles. The van der Waals surface area contributed by atoms with Gasteiger partial charge in [0.15, 0.2) is 0 Å². The van der Waals surface area contributed by atoms with Crippen LogP contribution >= 0.6 is 0 Å². The molecule has 1 N–H and O–H groups in total. The molecule has 0 radical (unpaired) electrons. The van der Waals surface area contributed by atoms with Crippen LogP contribution in [-0.2, 0) is 0 Å². The number of hydrogen-bond acceptors (Lipinski definition) is 1. The highest BCUT2D eigenvalue weighted by Gasteiger charge is 2.75. The van der Waals surface area contributed by atoms with Crippen LogP contribution in [0.1, 0.15) is 6.92 Å². The van der Waals surface area contributed by atoms with E-state index in [0.29, 0.717) is 13.1 Å². The van der Waals surface area contributed by atoms with E-state index in [1.807, 2.05) is 0 Å². The van der Waals surface area contributed by atoms with Crippen molar-refractivity contribution in [3.8, 4) is 0 Å². The minimum absolute atomic E-state index is 0.150. The molecule has 1 heterocycles. The topological polar surface area (TPSA) is 12.0 Å². The Bertz CT molecular complexity index is 177. The highest BCUT2D eigenvalue weighted by atomic mass is 19.4. The third-order valence-electron chi connectivity index (χ3n) is 3.26. The van der Waals surface area contributed by atoms with Crippen LogP contribution in [0.4, 0.5) is 13.2 Å². The Labute approximate surface area is 63.0 Å². The van der Waals surface area contributed by atoms with Crippen LogP contribution in [0.2, 0.25) is 0 Å². The van der Waals surface area contributed by atoms with Gasteiger partial charge in [-0.15, -0.1) is 0 Å². The fourth-order valence-corrected chi connectivity index (χ4v) is 2.22. The van der Waals surface area contributed by atoms with E-state index in [9.17, 15) is 13.2 Å². The van der Waals surface area contributed by atoms with Gasteiger partial charge in [0.05, 0.1) is 5.41 Å². The van der Waals surface area contributed by atoms with Gasteiger partial charge >= 0.3 is 6.18 Å². The number of rotatable bonds is 0. The van der Waals surface area contributed by atoms with E-state index >= 15 is 0 Å². The fraction of sp³-hybridized carbons (Fsp3) is 1.00. The molecule has 0 spiro atoms. The zero-order chi connectivity index (χ0) is 8.28. The monoisotopic (exact) mass is 165 g/mol. The summed E-state index contributed by atoms with van der Waals surface area (Å²) in [4.78, 5) is 0. The van der Waals surface area contributed by atoms with Gasteiger partial charge in [-0.25, -0.2) is 0 Å². The van der Waals surface area contributed by atoms with Gasteiger partial charge < -0.3 is 5.32 Å². The molecule has 64 valence electrons. The van der Waals surface area contributed by atoms with Crippen molar-refractivity contribution in [3.63, 3.8) is 0 Å². The predicted molar refractivity (Wildman–Crippen MR) is 34.0 cm³/mol. The molecule has 1 aliphatic carbocycles. The van der Waals surface area contributed by atoms with E-state index in [1.165, 1.54) is 6.92 Å². The Morgan fingerprint density at radius 2 is 1.73 bits per heavy atom. The molecule has 1 saturated heterocycles. The van der Waals surface area contributed by atoms with Crippen molar-refractivity contribution in [2.45, 2.75) is 13.1 Å². The molecule has 0 amide bonds. The average molecular weight is 165 g/mol. The first kappa shape index (κ1) is 7.40. The van der Waals surface area contributed by atoms with Crippen LogP contribution in [0.3, 0.4) is 0 Å². The van der Waals surface area contributed by atoms with Gasteiger partial charge in [-0.1, -0.05) is 6.92 Å². The molecule has 2 rings (SSSR count). The highest BCUT2D eigenvalue weighted by Crippen LogP contribution is 2.67. The van der Waals surface area contributed by atoms with Crippen LogP contribution in [0.5, 0.6) is 0 Å². The summed E-state index contributed by atoms with van der Waals surface area (Å²) in [5, 5.41) is 2.95. The summed E-state index contributed by atoms with van der Waals surface area (Å²) < 4.78 is 37.0. The van der Waals surface area contributed by atoms with Crippen molar-refractivity contribution in [2.24, 2.45) is 17.3 Å². The lowest BCUT2D eigenvalue weighted by atomic mass is 10.0. The third-order valence-corrected chi connectivity index (χ3v) is 3.26. The molecule has 4 heteroatoms. The van der Waals surface area contributed by atoms with Crippen LogP contribution in [-0.4, -0.2) is 19.3 Å². The number of nitrogens with one attached hydrogen (secondary N) is 1. The molecule has 2 unspecified atom stereocenters. The van der Waals surface area contributed by atoms with E-state index in [4.69, 9.17) is 0 Å². The van der Waals surface area contributed by atoms with E-state index < -0.39 is 11.6 Å². The molecular formula is C7H10F3N. The molecule has 1 nitrogen and oxygen atoms in total. The minimum atomic E-state index is -4.00. The van der Waals surface area contributed by atoms with Crippen LogP contribution < -0.4 is 5.32 Å². The molecule has 2 fully saturated rings. The van der Waals surface area contributed by atoms with Crippen molar-refractivity contribution >= 4 is 0 Å². The zero-order valence-corrected chi connectivity index (χ0v) is 6.20. The molecule has 0 aromatic carbocycles. The first-order valence-electron chi connectivity index (χ1n) is 3.75. The van der Waals surface area contributed by atoms with E-state index in [0.717, 1.165) is 0 Å². The SMILES string of the molecule is CC1(C(F)(F)F)C2CNCC21. The fourth-order valence-electron chi connectivity index (χ4n) is 2.22. The Morgan fingerprint density at radius 3 is 2.00 bits per heavy atom. The third kappa shape index (κ3) is 0.708. The van der Waals surface area contributed by atoms with Gasteiger partial charge in [0, 0.05) is 0 Å². The summed E-state index contributed by atoms with van der Waals surface area (Å²) >= 11 is 0. The zero-order valence-electron chi connectivity index (χ0n) is 6.20. The highest BCUT2D eigenvalue weighted by molar-refractivity contribution is 5.16. The maximum atomic E-state index is 12.3. The summed E-state index contributed by atoms with van der Waals surface area (Å²) in [6.45, 7) is 2.42. The second-order valence-electron chi connectivity index (χ2n) is 3.65. The molecule has 1 saturated carbocycles. The molecule has 11 heavy (non-hydrogen) atoms. The molecular weight excluding hydrogens is 155 g/mol. The minimum Gasteiger partial charge on any atom is -0.316 e. The van der Waals surface area contributed by atoms with Crippen molar-refractivity contribution in [3.05, 3.63) is 0 Å². The van der Waals surface area contributed by atoms with Crippen molar-refractivity contribution in [2.75, 3.05) is 13.1 Å². The standard InChI is InChI=1S/C7H10F3N/c1-6(7(8,9)10)4-2-11-3-5(4)6/h4-5,11H,2-3H2,1H3. The predicted octanol–water partition coefficient (Wildman–Crippen LogP) is 1.40. The van der Waals surface area contributed by atoms with E-state index in [-0.39, 0.29) is 11.8 Å². The van der Waals surface area contributed by atoms with Gasteiger partial charge in [0.1, 0.15) is 0 Å². The maximum Gasteiger partial charge on any atom is 0.394 e. The number of hydrogen-bond donors (Lipinski definition) is 1. The largest absolute Gasteiger partial charge is 0.394 e. The summed E-state index contributed by atoms with van der Waals surface area (Å²) in [6, 6.07) is 0. The lowest BCUT2D eigenvalue weighted by molar-refractivity contribution is -0.191. The van der Waals surface area contributed by atoms with Gasteiger partial charge in [-0.2, -0.15) is 13.2 Å². The molecule has 0 aromatic rings. The summed E-state index contributed by atoms with van der Waals surface area (Å²) in [7, 11) is 0.